The van der Waals surface area contributed by atoms with E-state index < -0.39 is 5.97 Å². The fourth-order valence-corrected chi connectivity index (χ4v) is 3.21. The number of rotatable bonds is 4. The van der Waals surface area contributed by atoms with Gasteiger partial charge in [-0.1, -0.05) is 11.6 Å². The summed E-state index contributed by atoms with van der Waals surface area (Å²) in [5.74, 6) is -0.369. The van der Waals surface area contributed by atoms with E-state index in [0.717, 1.165) is 22.3 Å². The summed E-state index contributed by atoms with van der Waals surface area (Å²) in [4.78, 5) is 15.2. The third-order valence-corrected chi connectivity index (χ3v) is 4.47. The molecule has 0 atom stereocenters. The Bertz CT molecular complexity index is 1140. The molecule has 0 unspecified atom stereocenters. The number of imidazole rings is 1. The van der Waals surface area contributed by atoms with Crippen molar-refractivity contribution in [2.75, 3.05) is 0 Å². The van der Waals surface area contributed by atoms with Gasteiger partial charge in [0.15, 0.2) is 11.5 Å². The molecule has 132 valence electrons. The highest BCUT2D eigenvalue weighted by Crippen LogP contribution is 2.32. The third kappa shape index (κ3) is 2.76. The smallest absolute Gasteiger partial charge is 0.356 e. The third-order valence-electron chi connectivity index (χ3n) is 4.25. The molecule has 1 aromatic carbocycles. The van der Waals surface area contributed by atoms with E-state index in [0.29, 0.717) is 22.9 Å². The van der Waals surface area contributed by atoms with Gasteiger partial charge in [-0.3, -0.25) is 4.68 Å². The first kappa shape index (κ1) is 16.4. The lowest BCUT2D eigenvalue weighted by Crippen LogP contribution is -2.06. The van der Waals surface area contributed by atoms with Crippen LogP contribution in [0.1, 0.15) is 21.7 Å². The van der Waals surface area contributed by atoms with E-state index in [1.807, 2.05) is 36.7 Å². The van der Waals surface area contributed by atoms with Crippen molar-refractivity contribution in [3.05, 3.63) is 58.8 Å². The number of aromatic carboxylic acids is 1. The molecule has 8 heteroatoms. The molecule has 7 nitrogen and oxygen atoms in total. The van der Waals surface area contributed by atoms with Crippen LogP contribution in [0, 0.1) is 6.92 Å². The van der Waals surface area contributed by atoms with E-state index in [1.54, 1.807) is 17.2 Å². The van der Waals surface area contributed by atoms with Crippen LogP contribution in [-0.2, 0) is 13.6 Å². The fourth-order valence-electron chi connectivity index (χ4n) is 2.96. The summed E-state index contributed by atoms with van der Waals surface area (Å²) in [6.07, 6.45) is 3.44. The monoisotopic (exact) mass is 370 g/mol. The Morgan fingerprint density at radius 2 is 2.12 bits per heavy atom. The highest BCUT2D eigenvalue weighted by Gasteiger charge is 2.16. The van der Waals surface area contributed by atoms with Gasteiger partial charge in [0.05, 0.1) is 19.1 Å². The number of aryl methyl sites for hydroxylation is 2. The van der Waals surface area contributed by atoms with Crippen LogP contribution in [0.25, 0.3) is 22.4 Å². The molecule has 0 fully saturated rings. The van der Waals surface area contributed by atoms with Crippen LogP contribution in [0.2, 0.25) is 5.02 Å². The zero-order valence-electron chi connectivity index (χ0n) is 14.1. The van der Waals surface area contributed by atoms with Gasteiger partial charge in [-0.2, -0.15) is 5.10 Å². The molecule has 0 aliphatic carbocycles. The fraction of sp³-hybridized carbons (Fsp3) is 0.167. The number of carbonyl (C=O) groups is 1. The minimum Gasteiger partial charge on any atom is -0.476 e. The maximum Gasteiger partial charge on any atom is 0.356 e. The minimum absolute atomic E-state index is 0.00999. The predicted octanol–water partition coefficient (Wildman–Crippen LogP) is 3.74. The summed E-state index contributed by atoms with van der Waals surface area (Å²) in [5.41, 5.74) is 3.12. The number of benzene rings is 1. The van der Waals surface area contributed by atoms with Crippen molar-refractivity contribution in [3.63, 3.8) is 0 Å². The molecular weight excluding hydrogens is 356 g/mol. The summed E-state index contributed by atoms with van der Waals surface area (Å²) >= 11 is 6.27. The number of aromatic nitrogens is 4. The molecule has 0 spiro atoms. The highest BCUT2D eigenvalue weighted by atomic mass is 35.5. The topological polar surface area (TPSA) is 86.1 Å². The largest absolute Gasteiger partial charge is 0.476 e. The van der Waals surface area contributed by atoms with Gasteiger partial charge in [-0.05, 0) is 31.2 Å². The Morgan fingerprint density at radius 3 is 2.77 bits per heavy atom. The van der Waals surface area contributed by atoms with Crippen molar-refractivity contribution < 1.29 is 14.3 Å². The van der Waals surface area contributed by atoms with Crippen molar-refractivity contribution in [1.82, 2.24) is 19.3 Å². The number of nitrogens with zero attached hydrogens (tertiary/aromatic N) is 4. The van der Waals surface area contributed by atoms with Gasteiger partial charge in [-0.15, -0.1) is 0 Å². The highest BCUT2D eigenvalue weighted by molar-refractivity contribution is 6.31. The molecule has 4 aromatic rings. The van der Waals surface area contributed by atoms with E-state index in [2.05, 4.69) is 10.1 Å². The van der Waals surface area contributed by atoms with Crippen LogP contribution in [0.4, 0.5) is 0 Å². The molecule has 3 aromatic heterocycles. The maximum atomic E-state index is 11.1. The number of carboxylic acids is 1. The average molecular weight is 371 g/mol. The molecular formula is C18H15ClN4O3. The van der Waals surface area contributed by atoms with Crippen molar-refractivity contribution in [2.24, 2.45) is 7.05 Å². The van der Waals surface area contributed by atoms with E-state index in [-0.39, 0.29) is 5.69 Å². The molecule has 0 saturated heterocycles. The van der Waals surface area contributed by atoms with Crippen LogP contribution < -0.4 is 0 Å². The zero-order valence-corrected chi connectivity index (χ0v) is 14.9. The Morgan fingerprint density at radius 1 is 1.31 bits per heavy atom. The molecule has 3 heterocycles. The number of furan rings is 1. The second kappa shape index (κ2) is 6.03. The van der Waals surface area contributed by atoms with Crippen LogP contribution in [-0.4, -0.2) is 30.4 Å². The standard InChI is InChI=1S/C18H15ClN4O3/c1-10-3-14(18(24)25)21-23(10)8-12-5-13(19)4-11-6-16(26-17(11)12)15-7-20-9-22(15)2/h3-7,9H,8H2,1-2H3,(H,24,25). The lowest BCUT2D eigenvalue weighted by Gasteiger charge is -2.06. The first-order valence-corrected chi connectivity index (χ1v) is 8.26. The Labute approximate surface area is 153 Å². The van der Waals surface area contributed by atoms with Gasteiger partial charge in [0, 0.05) is 28.7 Å². The zero-order chi connectivity index (χ0) is 18.4. The molecule has 0 bridgehead atoms. The van der Waals surface area contributed by atoms with E-state index in [9.17, 15) is 4.79 Å². The second-order valence-electron chi connectivity index (χ2n) is 6.12. The Hall–Kier alpha value is -3.06. The first-order chi connectivity index (χ1) is 12.4. The predicted molar refractivity (Wildman–Crippen MR) is 96.5 cm³/mol. The van der Waals surface area contributed by atoms with Crippen LogP contribution >= 0.6 is 11.6 Å². The van der Waals surface area contributed by atoms with Gasteiger partial charge < -0.3 is 14.1 Å². The first-order valence-electron chi connectivity index (χ1n) is 7.89. The van der Waals surface area contributed by atoms with Gasteiger partial charge in [0.1, 0.15) is 11.3 Å². The summed E-state index contributed by atoms with van der Waals surface area (Å²) in [7, 11) is 1.89. The molecule has 26 heavy (non-hydrogen) atoms. The lowest BCUT2D eigenvalue weighted by atomic mass is 10.1. The summed E-state index contributed by atoms with van der Waals surface area (Å²) in [6.45, 7) is 2.17. The van der Waals surface area contributed by atoms with Gasteiger partial charge in [0.25, 0.3) is 0 Å². The summed E-state index contributed by atoms with van der Waals surface area (Å²) in [5, 5.41) is 14.7. The van der Waals surface area contributed by atoms with Gasteiger partial charge in [-0.25, -0.2) is 9.78 Å². The van der Waals surface area contributed by atoms with E-state index in [1.165, 1.54) is 6.07 Å². The molecule has 0 saturated carbocycles. The lowest BCUT2D eigenvalue weighted by molar-refractivity contribution is 0.0689. The van der Waals surface area contributed by atoms with E-state index >= 15 is 0 Å². The van der Waals surface area contributed by atoms with Crippen molar-refractivity contribution in [1.29, 1.82) is 0 Å². The normalized spacial score (nSPS) is 11.3. The SMILES string of the molecule is Cc1cc(C(=O)O)nn1Cc1cc(Cl)cc2cc(-c3cncn3C)oc12. The minimum atomic E-state index is -1.06. The number of carboxylic acid groups (broad SMARTS) is 1. The van der Waals surface area contributed by atoms with Crippen molar-refractivity contribution in [3.8, 4) is 11.5 Å². The average Bonchev–Trinajstić information content (AvgIpc) is 3.26. The van der Waals surface area contributed by atoms with Gasteiger partial charge in [0.2, 0.25) is 0 Å². The van der Waals surface area contributed by atoms with Gasteiger partial charge >= 0.3 is 5.97 Å². The molecule has 0 amide bonds. The molecule has 0 aliphatic rings. The molecule has 4 rings (SSSR count). The quantitative estimate of drug-likeness (QED) is 0.591. The second-order valence-corrected chi connectivity index (χ2v) is 6.55. The Balaban J connectivity index is 1.81. The summed E-state index contributed by atoms with van der Waals surface area (Å²) < 4.78 is 9.57. The maximum absolute atomic E-state index is 11.1. The van der Waals surface area contributed by atoms with Crippen molar-refractivity contribution in [2.45, 2.75) is 13.5 Å². The molecule has 1 N–H and O–H groups in total. The number of hydrogen-bond donors (Lipinski definition) is 1. The number of fused-ring (bicyclic) bond motifs is 1. The summed E-state index contributed by atoms with van der Waals surface area (Å²) in [6, 6.07) is 7.10. The Kier molecular flexibility index (Phi) is 3.81. The van der Waals surface area contributed by atoms with Crippen LogP contribution in [0.5, 0.6) is 0 Å². The molecule has 0 aliphatic heterocycles. The van der Waals surface area contributed by atoms with E-state index in [4.69, 9.17) is 21.1 Å². The number of hydrogen-bond acceptors (Lipinski definition) is 4. The van der Waals surface area contributed by atoms with Crippen LogP contribution in [0.3, 0.4) is 0 Å². The van der Waals surface area contributed by atoms with Crippen molar-refractivity contribution >= 4 is 28.5 Å². The van der Waals surface area contributed by atoms with Crippen LogP contribution in [0.15, 0.2) is 41.2 Å². The molecule has 0 radical (unpaired) electrons. The number of halogens is 1.